The van der Waals surface area contributed by atoms with Gasteiger partial charge in [0.05, 0.1) is 0 Å². The maximum atomic E-state index is 12.1. The minimum atomic E-state index is 0.179. The van der Waals surface area contributed by atoms with Gasteiger partial charge in [0.2, 0.25) is 0 Å². The van der Waals surface area contributed by atoms with Gasteiger partial charge in [0.15, 0.2) is 0 Å². The summed E-state index contributed by atoms with van der Waals surface area (Å²) >= 11 is 0. The number of rotatable bonds is 3. The first-order chi connectivity index (χ1) is 7.11. The van der Waals surface area contributed by atoms with Crippen LogP contribution in [0, 0.1) is 11.8 Å². The molecule has 0 amide bonds. The summed E-state index contributed by atoms with van der Waals surface area (Å²) in [5, 5.41) is 0. The zero-order chi connectivity index (χ0) is 11.0. The van der Waals surface area contributed by atoms with Crippen LogP contribution in [0.3, 0.4) is 0 Å². The smallest absolute Gasteiger partial charge is 0.143 e. The molecule has 0 saturated carbocycles. The molecule has 0 heterocycles. The summed E-state index contributed by atoms with van der Waals surface area (Å²) in [5.74, 6) is 1.23. The summed E-state index contributed by atoms with van der Waals surface area (Å²) in [6.07, 6.45) is 0.950. The maximum Gasteiger partial charge on any atom is 0.143 e. The van der Waals surface area contributed by atoms with Crippen molar-refractivity contribution in [2.45, 2.75) is 33.1 Å². The molecule has 0 fully saturated rings. The Kier molecular flexibility index (Phi) is 2.64. The number of benzene rings is 1. The van der Waals surface area contributed by atoms with Crippen LogP contribution >= 0.6 is 0 Å². The zero-order valence-electron chi connectivity index (χ0n) is 9.66. The Labute approximate surface area is 91.5 Å². The summed E-state index contributed by atoms with van der Waals surface area (Å²) in [4.78, 5) is 12.1. The maximum absolute atomic E-state index is 12.1. The second-order valence-corrected chi connectivity index (χ2v) is 4.89. The van der Waals surface area contributed by atoms with Gasteiger partial charge in [-0.05, 0) is 23.5 Å². The van der Waals surface area contributed by atoms with E-state index in [2.05, 4.69) is 26.0 Å². The molecule has 1 heteroatoms. The van der Waals surface area contributed by atoms with E-state index in [1.165, 1.54) is 11.1 Å². The molecule has 1 aromatic carbocycles. The lowest BCUT2D eigenvalue weighted by atomic mass is 9.71. The Morgan fingerprint density at radius 1 is 1.27 bits per heavy atom. The van der Waals surface area contributed by atoms with Crippen molar-refractivity contribution < 1.29 is 4.79 Å². The normalized spacial score (nSPS) is 20.7. The Morgan fingerprint density at radius 3 is 2.53 bits per heavy atom. The minimum absolute atomic E-state index is 0.179. The van der Waals surface area contributed by atoms with Crippen LogP contribution in [0.25, 0.3) is 0 Å². The predicted octanol–water partition coefficient (Wildman–Crippen LogP) is 3.19. The molecule has 80 valence electrons. The van der Waals surface area contributed by atoms with E-state index in [9.17, 15) is 4.79 Å². The molecule has 0 aliphatic heterocycles. The van der Waals surface area contributed by atoms with Crippen molar-refractivity contribution in [2.24, 2.45) is 11.8 Å². The lowest BCUT2D eigenvalue weighted by Crippen LogP contribution is -2.31. The van der Waals surface area contributed by atoms with Gasteiger partial charge in [0, 0.05) is 11.8 Å². The average Bonchev–Trinajstić information content (AvgIpc) is 2.18. The van der Waals surface area contributed by atoms with E-state index in [1.807, 2.05) is 19.1 Å². The van der Waals surface area contributed by atoms with Crippen LogP contribution in [-0.4, -0.2) is 5.78 Å². The van der Waals surface area contributed by atoms with Gasteiger partial charge in [-0.1, -0.05) is 45.0 Å². The van der Waals surface area contributed by atoms with Crippen molar-refractivity contribution in [1.82, 2.24) is 0 Å². The molecule has 1 nitrogen and oxygen atoms in total. The SMILES string of the molecule is CC(C)C(C)C(=O)C1Cc2ccccc21. The van der Waals surface area contributed by atoms with Crippen molar-refractivity contribution in [1.29, 1.82) is 0 Å². The van der Waals surface area contributed by atoms with Crippen molar-refractivity contribution in [3.8, 4) is 0 Å². The quantitative estimate of drug-likeness (QED) is 0.735. The monoisotopic (exact) mass is 202 g/mol. The first-order valence-electron chi connectivity index (χ1n) is 5.72. The van der Waals surface area contributed by atoms with Gasteiger partial charge in [0.1, 0.15) is 5.78 Å². The highest BCUT2D eigenvalue weighted by Gasteiger charge is 2.34. The Balaban J connectivity index is 2.14. The summed E-state index contributed by atoms with van der Waals surface area (Å²) in [5.41, 5.74) is 2.61. The Hall–Kier alpha value is -1.11. The standard InChI is InChI=1S/C14H18O/c1-9(2)10(3)14(15)13-8-11-6-4-5-7-12(11)13/h4-7,9-10,13H,8H2,1-3H3. The Morgan fingerprint density at radius 2 is 1.93 bits per heavy atom. The highest BCUT2D eigenvalue weighted by atomic mass is 16.1. The van der Waals surface area contributed by atoms with Crippen LogP contribution in [-0.2, 0) is 11.2 Å². The fraction of sp³-hybridized carbons (Fsp3) is 0.500. The molecule has 0 bridgehead atoms. The molecule has 1 aliphatic carbocycles. The van der Waals surface area contributed by atoms with Crippen LogP contribution in [0.4, 0.5) is 0 Å². The second-order valence-electron chi connectivity index (χ2n) is 4.89. The van der Waals surface area contributed by atoms with Gasteiger partial charge in [-0.3, -0.25) is 4.79 Å². The summed E-state index contributed by atoms with van der Waals surface area (Å²) in [6.45, 7) is 6.29. The zero-order valence-corrected chi connectivity index (χ0v) is 9.66. The summed E-state index contributed by atoms with van der Waals surface area (Å²) < 4.78 is 0. The number of fused-ring (bicyclic) bond motifs is 1. The fourth-order valence-corrected chi connectivity index (χ4v) is 2.16. The predicted molar refractivity (Wildman–Crippen MR) is 61.9 cm³/mol. The molecule has 0 radical (unpaired) electrons. The van der Waals surface area contributed by atoms with E-state index in [0.29, 0.717) is 11.7 Å². The first kappa shape index (κ1) is 10.4. The molecule has 0 N–H and O–H groups in total. The Bertz CT molecular complexity index is 379. The molecule has 1 aliphatic rings. The number of hydrogen-bond acceptors (Lipinski definition) is 1. The number of ketones is 1. The van der Waals surface area contributed by atoms with E-state index < -0.39 is 0 Å². The largest absolute Gasteiger partial charge is 0.299 e. The van der Waals surface area contributed by atoms with Crippen molar-refractivity contribution in [2.75, 3.05) is 0 Å². The molecule has 15 heavy (non-hydrogen) atoms. The van der Waals surface area contributed by atoms with Crippen molar-refractivity contribution in [3.05, 3.63) is 35.4 Å². The highest BCUT2D eigenvalue weighted by molar-refractivity contribution is 5.90. The van der Waals surface area contributed by atoms with E-state index in [1.54, 1.807) is 0 Å². The number of carbonyl (C=O) groups is 1. The lowest BCUT2D eigenvalue weighted by molar-refractivity contribution is -0.125. The topological polar surface area (TPSA) is 17.1 Å². The summed E-state index contributed by atoms with van der Waals surface area (Å²) in [6, 6.07) is 8.29. The minimum Gasteiger partial charge on any atom is -0.299 e. The molecule has 0 aromatic heterocycles. The molecular formula is C14H18O. The third-order valence-electron chi connectivity index (χ3n) is 3.65. The number of Topliss-reactive ketones (excluding diaryl/α,β-unsaturated/α-hetero) is 1. The third-order valence-corrected chi connectivity index (χ3v) is 3.65. The molecule has 2 rings (SSSR count). The van der Waals surface area contributed by atoms with Crippen molar-refractivity contribution >= 4 is 5.78 Å². The molecular weight excluding hydrogens is 184 g/mol. The highest BCUT2D eigenvalue weighted by Crippen LogP contribution is 2.37. The molecule has 2 unspecified atom stereocenters. The van der Waals surface area contributed by atoms with Crippen LogP contribution < -0.4 is 0 Å². The van der Waals surface area contributed by atoms with Crippen LogP contribution in [0.2, 0.25) is 0 Å². The van der Waals surface area contributed by atoms with Gasteiger partial charge in [-0.2, -0.15) is 0 Å². The molecule has 2 atom stereocenters. The lowest BCUT2D eigenvalue weighted by Gasteiger charge is -2.31. The molecule has 0 saturated heterocycles. The van der Waals surface area contributed by atoms with Crippen LogP contribution in [0.5, 0.6) is 0 Å². The van der Waals surface area contributed by atoms with E-state index in [0.717, 1.165) is 6.42 Å². The van der Waals surface area contributed by atoms with Gasteiger partial charge < -0.3 is 0 Å². The van der Waals surface area contributed by atoms with Gasteiger partial charge in [-0.25, -0.2) is 0 Å². The van der Waals surface area contributed by atoms with E-state index in [-0.39, 0.29) is 11.8 Å². The van der Waals surface area contributed by atoms with Crippen LogP contribution in [0.15, 0.2) is 24.3 Å². The second kappa shape index (κ2) is 3.80. The van der Waals surface area contributed by atoms with Gasteiger partial charge in [-0.15, -0.1) is 0 Å². The molecule has 1 aromatic rings. The van der Waals surface area contributed by atoms with Gasteiger partial charge in [0.25, 0.3) is 0 Å². The van der Waals surface area contributed by atoms with E-state index in [4.69, 9.17) is 0 Å². The third kappa shape index (κ3) is 1.71. The van der Waals surface area contributed by atoms with Crippen molar-refractivity contribution in [3.63, 3.8) is 0 Å². The number of carbonyl (C=O) groups excluding carboxylic acids is 1. The van der Waals surface area contributed by atoms with Gasteiger partial charge >= 0.3 is 0 Å². The fourth-order valence-electron chi connectivity index (χ4n) is 2.16. The average molecular weight is 202 g/mol. The van der Waals surface area contributed by atoms with E-state index >= 15 is 0 Å². The first-order valence-corrected chi connectivity index (χ1v) is 5.72. The van der Waals surface area contributed by atoms with Crippen LogP contribution in [0.1, 0.15) is 37.8 Å². The summed E-state index contributed by atoms with van der Waals surface area (Å²) in [7, 11) is 0. The number of hydrogen-bond donors (Lipinski definition) is 0. The molecule has 0 spiro atoms.